The van der Waals surface area contributed by atoms with Crippen LogP contribution in [0.4, 0.5) is 0 Å². The van der Waals surface area contributed by atoms with E-state index in [1.807, 2.05) is 23.5 Å². The zero-order valence-corrected chi connectivity index (χ0v) is 12.1. The number of hydrogen-bond acceptors (Lipinski definition) is 4. The lowest BCUT2D eigenvalue weighted by Crippen LogP contribution is -2.24. The van der Waals surface area contributed by atoms with Gasteiger partial charge in [0.15, 0.2) is 0 Å². The van der Waals surface area contributed by atoms with Gasteiger partial charge in [0.05, 0.1) is 5.69 Å². The molecule has 0 bridgehead atoms. The van der Waals surface area contributed by atoms with E-state index >= 15 is 0 Å². The highest BCUT2D eigenvalue weighted by molar-refractivity contribution is 5.22. The van der Waals surface area contributed by atoms with E-state index in [1.54, 1.807) is 6.33 Å². The predicted octanol–water partition coefficient (Wildman–Crippen LogP) is 1.00. The molecule has 0 aliphatic carbocycles. The van der Waals surface area contributed by atoms with E-state index in [9.17, 15) is 0 Å². The Morgan fingerprint density at radius 2 is 2.11 bits per heavy atom. The van der Waals surface area contributed by atoms with E-state index in [0.717, 1.165) is 30.9 Å². The van der Waals surface area contributed by atoms with E-state index < -0.39 is 0 Å². The van der Waals surface area contributed by atoms with Gasteiger partial charge in [0, 0.05) is 38.3 Å². The Kier molecular flexibility index (Phi) is 4.31. The molecule has 0 saturated heterocycles. The van der Waals surface area contributed by atoms with Crippen molar-refractivity contribution in [1.29, 1.82) is 0 Å². The lowest BCUT2D eigenvalue weighted by molar-refractivity contribution is 0.519. The molecule has 0 amide bonds. The quantitative estimate of drug-likeness (QED) is 0.844. The van der Waals surface area contributed by atoms with Gasteiger partial charge in [-0.1, -0.05) is 13.8 Å². The minimum atomic E-state index is 0.233. The van der Waals surface area contributed by atoms with Crippen LogP contribution in [0.3, 0.4) is 0 Å². The van der Waals surface area contributed by atoms with Gasteiger partial charge in [-0.25, -0.2) is 4.98 Å². The Balaban J connectivity index is 2.26. The fourth-order valence-corrected chi connectivity index (χ4v) is 2.34. The van der Waals surface area contributed by atoms with E-state index in [0.29, 0.717) is 0 Å². The number of likely N-dealkylation sites (N-methyl/N-ethyl adjacent to an activating group) is 1. The van der Waals surface area contributed by atoms with Crippen LogP contribution in [0, 0.1) is 0 Å². The SMILES string of the molecule is CCNC(Cc1ncnn1C)c1cn(C)nc1CC. The van der Waals surface area contributed by atoms with Crippen molar-refractivity contribution in [1.82, 2.24) is 29.9 Å². The number of nitrogens with one attached hydrogen (secondary N) is 1. The van der Waals surface area contributed by atoms with Crippen molar-refractivity contribution in [2.75, 3.05) is 6.54 Å². The zero-order chi connectivity index (χ0) is 13.8. The first kappa shape index (κ1) is 13.7. The predicted molar refractivity (Wildman–Crippen MR) is 73.7 cm³/mol. The first-order valence-corrected chi connectivity index (χ1v) is 6.74. The van der Waals surface area contributed by atoms with Crippen molar-refractivity contribution in [3.8, 4) is 0 Å². The largest absolute Gasteiger partial charge is 0.310 e. The second-order valence-electron chi connectivity index (χ2n) is 4.67. The van der Waals surface area contributed by atoms with Crippen LogP contribution in [0.5, 0.6) is 0 Å². The highest BCUT2D eigenvalue weighted by atomic mass is 15.3. The standard InChI is InChI=1S/C13H22N6/c1-5-11-10(8-18(3)17-11)12(14-6-2)7-13-15-9-16-19(13)4/h8-9,12,14H,5-7H2,1-4H3. The maximum atomic E-state index is 4.52. The summed E-state index contributed by atoms with van der Waals surface area (Å²) in [5.74, 6) is 0.983. The normalized spacial score (nSPS) is 12.8. The number of aromatic nitrogens is 5. The molecule has 6 nitrogen and oxygen atoms in total. The average Bonchev–Trinajstić information content (AvgIpc) is 2.95. The van der Waals surface area contributed by atoms with Crippen LogP contribution in [0.25, 0.3) is 0 Å². The molecule has 2 heterocycles. The van der Waals surface area contributed by atoms with Crippen LogP contribution in [0.1, 0.15) is 37.0 Å². The summed E-state index contributed by atoms with van der Waals surface area (Å²) >= 11 is 0. The summed E-state index contributed by atoms with van der Waals surface area (Å²) < 4.78 is 3.71. The van der Waals surface area contributed by atoms with Gasteiger partial charge >= 0.3 is 0 Å². The van der Waals surface area contributed by atoms with Crippen LogP contribution in [0.15, 0.2) is 12.5 Å². The number of rotatable bonds is 6. The summed E-state index contributed by atoms with van der Waals surface area (Å²) in [5.41, 5.74) is 2.41. The monoisotopic (exact) mass is 262 g/mol. The third-order valence-electron chi connectivity index (χ3n) is 3.29. The van der Waals surface area contributed by atoms with Gasteiger partial charge in [0.25, 0.3) is 0 Å². The minimum absolute atomic E-state index is 0.233. The molecule has 0 spiro atoms. The molecule has 1 atom stereocenters. The summed E-state index contributed by atoms with van der Waals surface area (Å²) in [6, 6.07) is 0.233. The van der Waals surface area contributed by atoms with Crippen LogP contribution in [-0.4, -0.2) is 31.1 Å². The third-order valence-corrected chi connectivity index (χ3v) is 3.29. The molecule has 0 aliphatic heterocycles. The van der Waals surface area contributed by atoms with Gasteiger partial charge in [-0.3, -0.25) is 9.36 Å². The molecule has 1 N–H and O–H groups in total. The fraction of sp³-hybridized carbons (Fsp3) is 0.615. The summed E-state index contributed by atoms with van der Waals surface area (Å²) in [7, 11) is 3.89. The molecular weight excluding hydrogens is 240 g/mol. The Morgan fingerprint density at radius 3 is 2.68 bits per heavy atom. The first-order chi connectivity index (χ1) is 9.15. The van der Waals surface area contributed by atoms with Crippen molar-refractivity contribution in [3.05, 3.63) is 29.6 Å². The lowest BCUT2D eigenvalue weighted by Gasteiger charge is -2.17. The smallest absolute Gasteiger partial charge is 0.138 e. The van der Waals surface area contributed by atoms with Gasteiger partial charge in [-0.2, -0.15) is 10.2 Å². The molecule has 0 fully saturated rings. The Morgan fingerprint density at radius 1 is 1.32 bits per heavy atom. The highest BCUT2D eigenvalue weighted by Gasteiger charge is 2.19. The van der Waals surface area contributed by atoms with Crippen molar-refractivity contribution in [3.63, 3.8) is 0 Å². The van der Waals surface area contributed by atoms with Crippen LogP contribution in [0.2, 0.25) is 0 Å². The van der Waals surface area contributed by atoms with Gasteiger partial charge in [0.1, 0.15) is 12.2 Å². The molecular formula is C13H22N6. The molecule has 0 radical (unpaired) electrons. The van der Waals surface area contributed by atoms with E-state index in [-0.39, 0.29) is 6.04 Å². The third kappa shape index (κ3) is 3.01. The highest BCUT2D eigenvalue weighted by Crippen LogP contribution is 2.20. The summed E-state index contributed by atoms with van der Waals surface area (Å²) in [4.78, 5) is 4.31. The molecule has 1 unspecified atom stereocenters. The lowest BCUT2D eigenvalue weighted by atomic mass is 10.0. The minimum Gasteiger partial charge on any atom is -0.310 e. The van der Waals surface area contributed by atoms with E-state index in [2.05, 4.69) is 40.5 Å². The van der Waals surface area contributed by atoms with Gasteiger partial charge in [-0.15, -0.1) is 0 Å². The molecule has 2 aromatic heterocycles. The molecule has 104 valence electrons. The van der Waals surface area contributed by atoms with Crippen molar-refractivity contribution < 1.29 is 0 Å². The van der Waals surface area contributed by atoms with Crippen LogP contribution < -0.4 is 5.32 Å². The molecule has 19 heavy (non-hydrogen) atoms. The van der Waals surface area contributed by atoms with Gasteiger partial charge in [-0.05, 0) is 13.0 Å². The number of hydrogen-bond donors (Lipinski definition) is 1. The average molecular weight is 262 g/mol. The van der Waals surface area contributed by atoms with Gasteiger partial charge < -0.3 is 5.32 Å². The molecule has 6 heteroatoms. The summed E-state index contributed by atoms with van der Waals surface area (Å²) in [6.07, 6.45) is 5.46. The Hall–Kier alpha value is -1.69. The fourth-order valence-electron chi connectivity index (χ4n) is 2.34. The topological polar surface area (TPSA) is 60.6 Å². The summed E-state index contributed by atoms with van der Waals surface area (Å²) in [6.45, 7) is 5.17. The van der Waals surface area contributed by atoms with Crippen molar-refractivity contribution in [2.24, 2.45) is 14.1 Å². The molecule has 0 aromatic carbocycles. The Labute approximate surface area is 113 Å². The van der Waals surface area contributed by atoms with Crippen LogP contribution >= 0.6 is 0 Å². The number of aryl methyl sites for hydroxylation is 3. The van der Waals surface area contributed by atoms with Crippen molar-refractivity contribution in [2.45, 2.75) is 32.7 Å². The van der Waals surface area contributed by atoms with Crippen LogP contribution in [-0.2, 0) is 26.9 Å². The van der Waals surface area contributed by atoms with E-state index in [4.69, 9.17) is 0 Å². The first-order valence-electron chi connectivity index (χ1n) is 6.74. The maximum absolute atomic E-state index is 4.52. The molecule has 2 aromatic rings. The van der Waals surface area contributed by atoms with E-state index in [1.165, 1.54) is 5.56 Å². The second-order valence-corrected chi connectivity index (χ2v) is 4.67. The molecule has 0 saturated carbocycles. The zero-order valence-electron chi connectivity index (χ0n) is 12.1. The molecule has 0 aliphatic rings. The maximum Gasteiger partial charge on any atom is 0.138 e. The second kappa shape index (κ2) is 5.97. The summed E-state index contributed by atoms with van der Waals surface area (Å²) in [5, 5.41) is 12.2. The molecule has 2 rings (SSSR count). The Bertz CT molecular complexity index is 527. The number of nitrogens with zero attached hydrogens (tertiary/aromatic N) is 5. The van der Waals surface area contributed by atoms with Gasteiger partial charge in [0.2, 0.25) is 0 Å². The van der Waals surface area contributed by atoms with Crippen molar-refractivity contribution >= 4 is 0 Å².